The largest absolute Gasteiger partial charge is 0.365 e. The van der Waals surface area contributed by atoms with Crippen molar-refractivity contribution in [3.63, 3.8) is 0 Å². The van der Waals surface area contributed by atoms with Crippen LogP contribution in [0.1, 0.15) is 30.9 Å². The summed E-state index contributed by atoms with van der Waals surface area (Å²) in [6.07, 6.45) is 1.74. The van der Waals surface area contributed by atoms with Gasteiger partial charge in [0, 0.05) is 19.0 Å². The number of nitrogens with one attached hydrogen (secondary N) is 1. The maximum Gasteiger partial charge on any atom is 0.252 e. The predicted octanol–water partition coefficient (Wildman–Crippen LogP) is 2.61. The number of amides is 1. The molecular weight excluding hydrogens is 250 g/mol. The van der Waals surface area contributed by atoms with Crippen LogP contribution in [0.2, 0.25) is 0 Å². The number of carbonyl (C=O) groups is 1. The van der Waals surface area contributed by atoms with Crippen LogP contribution in [0, 0.1) is 0 Å². The van der Waals surface area contributed by atoms with Crippen molar-refractivity contribution in [2.24, 2.45) is 0 Å². The number of rotatable bonds is 4. The maximum absolute atomic E-state index is 12.0. The van der Waals surface area contributed by atoms with Crippen molar-refractivity contribution in [3.05, 3.63) is 35.4 Å². The van der Waals surface area contributed by atoms with E-state index in [-0.39, 0.29) is 5.91 Å². The van der Waals surface area contributed by atoms with Gasteiger partial charge in [-0.3, -0.25) is 4.79 Å². The zero-order valence-corrected chi connectivity index (χ0v) is 11.3. The minimum Gasteiger partial charge on any atom is -0.365 e. The Kier molecular flexibility index (Phi) is 4.25. The van der Waals surface area contributed by atoms with E-state index in [2.05, 4.69) is 5.32 Å². The molecule has 0 aliphatic carbocycles. The lowest BCUT2D eigenvalue weighted by molar-refractivity contribution is -0.139. The van der Waals surface area contributed by atoms with Gasteiger partial charge in [0.1, 0.15) is 5.60 Å². The summed E-state index contributed by atoms with van der Waals surface area (Å²) in [6, 6.07) is 7.91. The quantitative estimate of drug-likeness (QED) is 0.852. The standard InChI is InChI=1S/C14H18ClNO2/c1-14(6-3-7-18-14)13(17)16-10-12-5-2-4-11(8-12)9-15/h2,4-5,8H,3,6-7,9-10H2,1H3,(H,16,17). The molecule has 1 fully saturated rings. The number of benzene rings is 1. The average Bonchev–Trinajstić information content (AvgIpc) is 2.84. The topological polar surface area (TPSA) is 38.3 Å². The van der Waals surface area contributed by atoms with E-state index in [0.717, 1.165) is 24.0 Å². The Morgan fingerprint density at radius 3 is 2.94 bits per heavy atom. The number of halogens is 1. The Balaban J connectivity index is 1.92. The average molecular weight is 268 g/mol. The molecule has 2 rings (SSSR count). The fourth-order valence-electron chi connectivity index (χ4n) is 2.15. The van der Waals surface area contributed by atoms with Crippen LogP contribution in [-0.4, -0.2) is 18.1 Å². The molecule has 1 aromatic carbocycles. The van der Waals surface area contributed by atoms with Gasteiger partial charge in [0.05, 0.1) is 0 Å². The lowest BCUT2D eigenvalue weighted by Gasteiger charge is -2.21. The zero-order chi connectivity index (χ0) is 13.0. The lowest BCUT2D eigenvalue weighted by Crippen LogP contribution is -2.43. The molecule has 0 aromatic heterocycles. The normalized spacial score (nSPS) is 23.0. The molecule has 1 heterocycles. The van der Waals surface area contributed by atoms with Gasteiger partial charge in [-0.2, -0.15) is 0 Å². The van der Waals surface area contributed by atoms with E-state index in [1.165, 1.54) is 0 Å². The summed E-state index contributed by atoms with van der Waals surface area (Å²) in [5, 5.41) is 2.93. The molecule has 3 nitrogen and oxygen atoms in total. The van der Waals surface area contributed by atoms with E-state index in [1.807, 2.05) is 31.2 Å². The highest BCUT2D eigenvalue weighted by molar-refractivity contribution is 6.17. The molecule has 0 bridgehead atoms. The zero-order valence-electron chi connectivity index (χ0n) is 10.5. The van der Waals surface area contributed by atoms with Crippen LogP contribution in [0.5, 0.6) is 0 Å². The molecular formula is C14H18ClNO2. The third-order valence-corrected chi connectivity index (χ3v) is 3.61. The number of hydrogen-bond donors (Lipinski definition) is 1. The fraction of sp³-hybridized carbons (Fsp3) is 0.500. The van der Waals surface area contributed by atoms with Gasteiger partial charge in [-0.05, 0) is 30.9 Å². The van der Waals surface area contributed by atoms with Crippen LogP contribution in [0.15, 0.2) is 24.3 Å². The van der Waals surface area contributed by atoms with Crippen molar-refractivity contribution in [3.8, 4) is 0 Å². The highest BCUT2D eigenvalue weighted by Gasteiger charge is 2.37. The number of hydrogen-bond acceptors (Lipinski definition) is 2. The Morgan fingerprint density at radius 2 is 2.28 bits per heavy atom. The SMILES string of the molecule is CC1(C(=O)NCc2cccc(CCl)c2)CCCO1. The second-order valence-electron chi connectivity index (χ2n) is 4.82. The van der Waals surface area contributed by atoms with Crippen LogP contribution >= 0.6 is 11.6 Å². The van der Waals surface area contributed by atoms with Crippen molar-refractivity contribution < 1.29 is 9.53 Å². The monoisotopic (exact) mass is 267 g/mol. The van der Waals surface area contributed by atoms with Crippen molar-refractivity contribution in [1.82, 2.24) is 5.32 Å². The Morgan fingerprint density at radius 1 is 1.50 bits per heavy atom. The minimum absolute atomic E-state index is 0.0312. The third-order valence-electron chi connectivity index (χ3n) is 3.30. The van der Waals surface area contributed by atoms with Gasteiger partial charge in [-0.15, -0.1) is 11.6 Å². The first kappa shape index (κ1) is 13.4. The molecule has 1 aliphatic rings. The third kappa shape index (κ3) is 3.03. The van der Waals surface area contributed by atoms with Gasteiger partial charge in [0.25, 0.3) is 5.91 Å². The molecule has 98 valence electrons. The molecule has 1 aromatic rings. The van der Waals surface area contributed by atoms with E-state index in [0.29, 0.717) is 19.0 Å². The number of ether oxygens (including phenoxy) is 1. The molecule has 4 heteroatoms. The molecule has 1 atom stereocenters. The first-order chi connectivity index (χ1) is 8.64. The molecule has 1 saturated heterocycles. The molecule has 0 radical (unpaired) electrons. The molecule has 1 N–H and O–H groups in total. The van der Waals surface area contributed by atoms with Gasteiger partial charge in [-0.25, -0.2) is 0 Å². The van der Waals surface area contributed by atoms with E-state index in [1.54, 1.807) is 0 Å². The van der Waals surface area contributed by atoms with Gasteiger partial charge in [0.2, 0.25) is 0 Å². The first-order valence-corrected chi connectivity index (χ1v) is 6.73. The second kappa shape index (κ2) is 5.72. The van der Waals surface area contributed by atoms with Gasteiger partial charge in [-0.1, -0.05) is 24.3 Å². The van der Waals surface area contributed by atoms with Gasteiger partial charge >= 0.3 is 0 Å². The van der Waals surface area contributed by atoms with E-state index in [4.69, 9.17) is 16.3 Å². The molecule has 1 unspecified atom stereocenters. The summed E-state index contributed by atoms with van der Waals surface area (Å²) in [6.45, 7) is 3.04. The van der Waals surface area contributed by atoms with E-state index in [9.17, 15) is 4.79 Å². The molecule has 1 amide bonds. The van der Waals surface area contributed by atoms with Crippen molar-refractivity contribution in [1.29, 1.82) is 0 Å². The highest BCUT2D eigenvalue weighted by atomic mass is 35.5. The summed E-state index contributed by atoms with van der Waals surface area (Å²) in [4.78, 5) is 12.0. The Bertz CT molecular complexity index is 428. The van der Waals surface area contributed by atoms with Crippen LogP contribution in [0.25, 0.3) is 0 Å². The van der Waals surface area contributed by atoms with Gasteiger partial charge < -0.3 is 10.1 Å². The summed E-state index contributed by atoms with van der Waals surface area (Å²) >= 11 is 5.78. The van der Waals surface area contributed by atoms with Crippen molar-refractivity contribution >= 4 is 17.5 Å². The minimum atomic E-state index is -0.649. The summed E-state index contributed by atoms with van der Waals surface area (Å²) in [5.74, 6) is 0.457. The summed E-state index contributed by atoms with van der Waals surface area (Å²) in [7, 11) is 0. The van der Waals surface area contributed by atoms with Crippen LogP contribution in [0.4, 0.5) is 0 Å². The van der Waals surface area contributed by atoms with Crippen molar-refractivity contribution in [2.75, 3.05) is 6.61 Å². The van der Waals surface area contributed by atoms with Crippen LogP contribution in [0.3, 0.4) is 0 Å². The van der Waals surface area contributed by atoms with Crippen LogP contribution < -0.4 is 5.32 Å². The van der Waals surface area contributed by atoms with E-state index >= 15 is 0 Å². The van der Waals surface area contributed by atoms with E-state index < -0.39 is 5.60 Å². The van der Waals surface area contributed by atoms with Crippen molar-refractivity contribution in [2.45, 2.75) is 37.8 Å². The molecule has 18 heavy (non-hydrogen) atoms. The highest BCUT2D eigenvalue weighted by Crippen LogP contribution is 2.25. The Labute approximate surface area is 112 Å². The lowest BCUT2D eigenvalue weighted by atomic mass is 10.0. The fourth-order valence-corrected chi connectivity index (χ4v) is 2.32. The van der Waals surface area contributed by atoms with Crippen LogP contribution in [-0.2, 0) is 22.0 Å². The Hall–Kier alpha value is -1.06. The van der Waals surface area contributed by atoms with Gasteiger partial charge in [0.15, 0.2) is 0 Å². The number of alkyl halides is 1. The maximum atomic E-state index is 12.0. The summed E-state index contributed by atoms with van der Waals surface area (Å²) in [5.41, 5.74) is 1.47. The first-order valence-electron chi connectivity index (χ1n) is 6.20. The smallest absolute Gasteiger partial charge is 0.252 e. The summed E-state index contributed by atoms with van der Waals surface area (Å²) < 4.78 is 5.50. The molecule has 0 spiro atoms. The molecule has 1 aliphatic heterocycles. The molecule has 0 saturated carbocycles. The predicted molar refractivity (Wildman–Crippen MR) is 71.4 cm³/mol. The number of carbonyl (C=O) groups excluding carboxylic acids is 1. The second-order valence-corrected chi connectivity index (χ2v) is 5.09.